The summed E-state index contributed by atoms with van der Waals surface area (Å²) in [6, 6.07) is 18.4. The average molecular weight is 292 g/mol. The molecule has 2 nitrogen and oxygen atoms in total. The first-order valence-electron chi connectivity index (χ1n) is 6.87. The third-order valence-electron chi connectivity index (χ3n) is 3.32. The molecular weight excluding hydrogens is 276 g/mol. The van der Waals surface area contributed by atoms with E-state index in [-0.39, 0.29) is 0 Å². The molecule has 1 aromatic heterocycles. The van der Waals surface area contributed by atoms with E-state index in [1.54, 1.807) is 0 Å². The highest BCUT2D eigenvalue weighted by molar-refractivity contribution is 7.71. The van der Waals surface area contributed by atoms with Gasteiger partial charge in [-0.1, -0.05) is 59.7 Å². The van der Waals surface area contributed by atoms with Crippen LogP contribution in [0, 0.1) is 18.5 Å². The van der Waals surface area contributed by atoms with Crippen molar-refractivity contribution in [2.75, 3.05) is 0 Å². The minimum atomic E-state index is 0.599. The highest BCUT2D eigenvalue weighted by Crippen LogP contribution is 2.23. The van der Waals surface area contributed by atoms with Crippen LogP contribution in [0.3, 0.4) is 0 Å². The predicted octanol–water partition coefficient (Wildman–Crippen LogP) is 5.09. The summed E-state index contributed by atoms with van der Waals surface area (Å²) < 4.78 is 0.599. The fourth-order valence-electron chi connectivity index (χ4n) is 2.48. The van der Waals surface area contributed by atoms with Gasteiger partial charge in [-0.15, -0.1) is 0 Å². The first-order valence-corrected chi connectivity index (χ1v) is 7.28. The van der Waals surface area contributed by atoms with E-state index in [0.29, 0.717) is 4.64 Å². The molecule has 2 aromatic carbocycles. The largest absolute Gasteiger partial charge is 0.339 e. The number of H-pyrrole nitrogens is 1. The maximum absolute atomic E-state index is 5.32. The van der Waals surface area contributed by atoms with Crippen LogP contribution in [-0.4, -0.2) is 9.97 Å². The van der Waals surface area contributed by atoms with E-state index in [0.717, 1.165) is 22.6 Å². The number of hydrogen-bond acceptors (Lipinski definition) is 2. The van der Waals surface area contributed by atoms with Crippen LogP contribution >= 0.6 is 12.2 Å². The molecule has 0 aliphatic rings. The highest BCUT2D eigenvalue weighted by Gasteiger charge is 2.05. The van der Waals surface area contributed by atoms with Crippen LogP contribution in [0.1, 0.15) is 11.1 Å². The summed E-state index contributed by atoms with van der Waals surface area (Å²) in [7, 11) is 0. The van der Waals surface area contributed by atoms with Crippen molar-refractivity contribution in [3.8, 4) is 22.6 Å². The van der Waals surface area contributed by atoms with Crippen molar-refractivity contribution in [1.82, 2.24) is 9.97 Å². The first kappa shape index (κ1) is 13.7. The van der Waals surface area contributed by atoms with Gasteiger partial charge in [0.2, 0.25) is 0 Å². The number of aryl methyl sites for hydroxylation is 2. The zero-order chi connectivity index (χ0) is 14.8. The van der Waals surface area contributed by atoms with Crippen molar-refractivity contribution in [3.63, 3.8) is 0 Å². The lowest BCUT2D eigenvalue weighted by atomic mass is 10.0. The van der Waals surface area contributed by atoms with Crippen LogP contribution < -0.4 is 0 Å². The number of rotatable bonds is 2. The SMILES string of the molecule is Cc1cc(C)cc(-c2cc(=S)nc(-c3ccccc3)[nH]2)c1. The Morgan fingerprint density at radius 3 is 2.19 bits per heavy atom. The Hall–Kier alpha value is -2.26. The maximum atomic E-state index is 5.32. The molecule has 0 atom stereocenters. The van der Waals surface area contributed by atoms with Crippen LogP contribution in [0.25, 0.3) is 22.6 Å². The van der Waals surface area contributed by atoms with Crippen LogP contribution in [0.15, 0.2) is 54.6 Å². The van der Waals surface area contributed by atoms with Crippen LogP contribution in [0.5, 0.6) is 0 Å². The second-order valence-electron chi connectivity index (χ2n) is 5.22. The van der Waals surface area contributed by atoms with Crippen molar-refractivity contribution in [2.24, 2.45) is 0 Å². The summed E-state index contributed by atoms with van der Waals surface area (Å²) >= 11 is 5.32. The van der Waals surface area contributed by atoms with E-state index in [1.165, 1.54) is 11.1 Å². The smallest absolute Gasteiger partial charge is 0.139 e. The van der Waals surface area contributed by atoms with Gasteiger partial charge in [-0.05, 0) is 37.6 Å². The molecule has 0 spiro atoms. The molecule has 0 saturated carbocycles. The molecule has 0 radical (unpaired) electrons. The van der Waals surface area contributed by atoms with E-state index in [1.807, 2.05) is 36.4 Å². The van der Waals surface area contributed by atoms with Gasteiger partial charge in [0.1, 0.15) is 10.5 Å². The number of nitrogens with one attached hydrogen (secondary N) is 1. The summed E-state index contributed by atoms with van der Waals surface area (Å²) in [6.45, 7) is 4.20. The van der Waals surface area contributed by atoms with Gasteiger partial charge in [-0.3, -0.25) is 0 Å². The van der Waals surface area contributed by atoms with Gasteiger partial charge in [-0.25, -0.2) is 4.98 Å². The van der Waals surface area contributed by atoms with E-state index >= 15 is 0 Å². The summed E-state index contributed by atoms with van der Waals surface area (Å²) in [6.07, 6.45) is 0. The van der Waals surface area contributed by atoms with Gasteiger partial charge in [0.05, 0.1) is 0 Å². The number of nitrogens with zero attached hydrogens (tertiary/aromatic N) is 1. The van der Waals surface area contributed by atoms with E-state index in [9.17, 15) is 0 Å². The second-order valence-corrected chi connectivity index (χ2v) is 5.64. The normalized spacial score (nSPS) is 10.6. The van der Waals surface area contributed by atoms with Crippen molar-refractivity contribution in [2.45, 2.75) is 13.8 Å². The average Bonchev–Trinajstić information content (AvgIpc) is 2.46. The van der Waals surface area contributed by atoms with Gasteiger partial charge >= 0.3 is 0 Å². The van der Waals surface area contributed by atoms with E-state index in [4.69, 9.17) is 12.2 Å². The van der Waals surface area contributed by atoms with Crippen molar-refractivity contribution in [1.29, 1.82) is 0 Å². The highest BCUT2D eigenvalue weighted by atomic mass is 32.1. The standard InChI is InChI=1S/C18H16N2S/c1-12-8-13(2)10-15(9-12)16-11-17(21)20-18(19-16)14-6-4-3-5-7-14/h3-11H,1-2H3,(H,19,20,21). The molecule has 0 aliphatic carbocycles. The predicted molar refractivity (Wildman–Crippen MR) is 89.8 cm³/mol. The van der Waals surface area contributed by atoms with Crippen molar-refractivity contribution < 1.29 is 0 Å². The molecule has 0 aliphatic heterocycles. The lowest BCUT2D eigenvalue weighted by Gasteiger charge is -2.08. The zero-order valence-corrected chi connectivity index (χ0v) is 12.9. The molecule has 3 aromatic rings. The van der Waals surface area contributed by atoms with Crippen LogP contribution in [-0.2, 0) is 0 Å². The van der Waals surface area contributed by atoms with Gasteiger partial charge in [0.15, 0.2) is 0 Å². The molecule has 104 valence electrons. The molecule has 1 heterocycles. The summed E-state index contributed by atoms with van der Waals surface area (Å²) in [5.41, 5.74) is 5.65. The Morgan fingerprint density at radius 1 is 0.857 bits per heavy atom. The topological polar surface area (TPSA) is 28.7 Å². The Kier molecular flexibility index (Phi) is 3.67. The number of aromatic amines is 1. The quantitative estimate of drug-likeness (QED) is 0.666. The minimum Gasteiger partial charge on any atom is -0.339 e. The summed E-state index contributed by atoms with van der Waals surface area (Å²) in [5, 5.41) is 0. The van der Waals surface area contributed by atoms with E-state index < -0.39 is 0 Å². The third kappa shape index (κ3) is 3.09. The van der Waals surface area contributed by atoms with Crippen LogP contribution in [0.4, 0.5) is 0 Å². The lowest BCUT2D eigenvalue weighted by molar-refractivity contribution is 1.16. The van der Waals surface area contributed by atoms with Gasteiger partial charge in [0, 0.05) is 11.3 Å². The van der Waals surface area contributed by atoms with E-state index in [2.05, 4.69) is 42.0 Å². The Balaban J connectivity index is 2.16. The van der Waals surface area contributed by atoms with Gasteiger partial charge in [-0.2, -0.15) is 0 Å². The molecule has 1 N–H and O–H groups in total. The van der Waals surface area contributed by atoms with Crippen LogP contribution in [0.2, 0.25) is 0 Å². The molecule has 0 unspecified atom stereocenters. The molecule has 0 amide bonds. The molecule has 0 fully saturated rings. The summed E-state index contributed by atoms with van der Waals surface area (Å²) in [4.78, 5) is 7.83. The molecular formula is C18H16N2S. The Bertz CT molecular complexity index is 815. The molecule has 0 bridgehead atoms. The fourth-order valence-corrected chi connectivity index (χ4v) is 2.69. The monoisotopic (exact) mass is 292 g/mol. The molecule has 0 saturated heterocycles. The van der Waals surface area contributed by atoms with Gasteiger partial charge < -0.3 is 4.98 Å². The Labute approximate surface area is 129 Å². The Morgan fingerprint density at radius 2 is 1.52 bits per heavy atom. The second kappa shape index (κ2) is 5.62. The fraction of sp³-hybridized carbons (Fsp3) is 0.111. The minimum absolute atomic E-state index is 0.599. The number of aromatic nitrogens is 2. The number of hydrogen-bond donors (Lipinski definition) is 1. The molecule has 3 heteroatoms. The third-order valence-corrected chi connectivity index (χ3v) is 3.53. The molecule has 21 heavy (non-hydrogen) atoms. The van der Waals surface area contributed by atoms with Crippen molar-refractivity contribution in [3.05, 3.63) is 70.4 Å². The first-order chi connectivity index (χ1) is 10.1. The zero-order valence-electron chi connectivity index (χ0n) is 12.1. The molecule has 3 rings (SSSR count). The number of benzene rings is 2. The lowest BCUT2D eigenvalue weighted by Crippen LogP contribution is -1.93. The summed E-state index contributed by atoms with van der Waals surface area (Å²) in [5.74, 6) is 0.803. The van der Waals surface area contributed by atoms with Crippen molar-refractivity contribution >= 4 is 12.2 Å². The van der Waals surface area contributed by atoms with Gasteiger partial charge in [0.25, 0.3) is 0 Å². The maximum Gasteiger partial charge on any atom is 0.139 e.